The third-order valence-corrected chi connectivity index (χ3v) is 4.04. The Hall–Kier alpha value is -2.43. The van der Waals surface area contributed by atoms with E-state index in [0.29, 0.717) is 6.54 Å². The molecule has 22 heavy (non-hydrogen) atoms. The van der Waals surface area contributed by atoms with Gasteiger partial charge < -0.3 is 19.1 Å². The molecule has 0 unspecified atom stereocenters. The van der Waals surface area contributed by atoms with E-state index in [-0.39, 0.29) is 5.91 Å². The van der Waals surface area contributed by atoms with Gasteiger partial charge in [0.2, 0.25) is 5.91 Å². The van der Waals surface area contributed by atoms with Crippen molar-refractivity contribution in [1.82, 2.24) is 9.47 Å². The number of piperazine rings is 1. The zero-order valence-electron chi connectivity index (χ0n) is 12.8. The number of amides is 1. The van der Waals surface area contributed by atoms with Crippen molar-refractivity contribution < 1.29 is 9.53 Å². The van der Waals surface area contributed by atoms with Gasteiger partial charge in [-0.3, -0.25) is 4.79 Å². The first-order valence-electron chi connectivity index (χ1n) is 7.54. The third-order valence-electron chi connectivity index (χ3n) is 4.04. The number of benzene rings is 1. The first kappa shape index (κ1) is 14.5. The van der Waals surface area contributed by atoms with Crippen molar-refractivity contribution >= 4 is 11.6 Å². The second kappa shape index (κ2) is 6.56. The van der Waals surface area contributed by atoms with Gasteiger partial charge in [-0.1, -0.05) is 12.1 Å². The lowest BCUT2D eigenvalue weighted by Gasteiger charge is -2.36. The molecule has 3 rings (SSSR count). The van der Waals surface area contributed by atoms with Crippen LogP contribution < -0.4 is 9.64 Å². The van der Waals surface area contributed by atoms with Crippen LogP contribution >= 0.6 is 0 Å². The van der Waals surface area contributed by atoms with Gasteiger partial charge in [0.25, 0.3) is 0 Å². The van der Waals surface area contributed by atoms with E-state index < -0.39 is 0 Å². The highest BCUT2D eigenvalue weighted by Gasteiger charge is 2.22. The van der Waals surface area contributed by atoms with Gasteiger partial charge in [-0.25, -0.2) is 0 Å². The van der Waals surface area contributed by atoms with Crippen molar-refractivity contribution in [2.24, 2.45) is 0 Å². The molecule has 0 N–H and O–H groups in total. The highest BCUT2D eigenvalue weighted by Crippen LogP contribution is 2.28. The molecule has 1 saturated heterocycles. The van der Waals surface area contributed by atoms with E-state index in [1.165, 1.54) is 0 Å². The summed E-state index contributed by atoms with van der Waals surface area (Å²) in [4.78, 5) is 16.5. The van der Waals surface area contributed by atoms with E-state index >= 15 is 0 Å². The average Bonchev–Trinajstić information content (AvgIpc) is 3.08. The minimum atomic E-state index is 0.177. The van der Waals surface area contributed by atoms with Gasteiger partial charge in [0, 0.05) is 38.6 Å². The predicted molar refractivity (Wildman–Crippen MR) is 86.2 cm³/mol. The number of carbonyl (C=O) groups excluding carboxylic acids is 1. The highest BCUT2D eigenvalue weighted by molar-refractivity contribution is 5.76. The van der Waals surface area contributed by atoms with Gasteiger partial charge in [-0.15, -0.1) is 0 Å². The predicted octanol–water partition coefficient (Wildman–Crippen LogP) is 1.85. The number of hydrogen-bond acceptors (Lipinski definition) is 3. The first-order chi connectivity index (χ1) is 10.8. The summed E-state index contributed by atoms with van der Waals surface area (Å²) in [6, 6.07) is 11.9. The molecule has 1 aromatic carbocycles. The Morgan fingerprint density at radius 1 is 1.05 bits per heavy atom. The summed E-state index contributed by atoms with van der Waals surface area (Å²) in [7, 11) is 1.69. The van der Waals surface area contributed by atoms with Crippen LogP contribution in [0.3, 0.4) is 0 Å². The van der Waals surface area contributed by atoms with E-state index in [1.54, 1.807) is 7.11 Å². The van der Waals surface area contributed by atoms with Crippen LogP contribution in [0.2, 0.25) is 0 Å². The van der Waals surface area contributed by atoms with Crippen LogP contribution in [0.25, 0.3) is 0 Å². The molecule has 0 radical (unpaired) electrons. The number of rotatable bonds is 4. The fraction of sp³-hybridized carbons (Fsp3) is 0.353. The van der Waals surface area contributed by atoms with E-state index in [9.17, 15) is 4.79 Å². The van der Waals surface area contributed by atoms with Crippen molar-refractivity contribution in [2.75, 3.05) is 38.2 Å². The summed E-state index contributed by atoms with van der Waals surface area (Å²) in [6.45, 7) is 3.58. The molecular formula is C17H21N3O2. The van der Waals surface area contributed by atoms with Crippen LogP contribution in [-0.2, 0) is 11.3 Å². The highest BCUT2D eigenvalue weighted by atomic mass is 16.5. The van der Waals surface area contributed by atoms with Gasteiger partial charge in [-0.2, -0.15) is 0 Å². The molecule has 1 amide bonds. The molecule has 1 fully saturated rings. The Labute approximate surface area is 130 Å². The standard InChI is InChI=1S/C17H21N3O2/c1-22-16-7-3-2-6-15(16)19-10-12-20(13-11-19)17(21)14-18-8-4-5-9-18/h2-9H,10-14H2,1H3. The fourth-order valence-electron chi connectivity index (χ4n) is 2.82. The molecule has 2 aromatic rings. The maximum absolute atomic E-state index is 12.3. The fourth-order valence-corrected chi connectivity index (χ4v) is 2.82. The quantitative estimate of drug-likeness (QED) is 0.864. The van der Waals surface area contributed by atoms with Gasteiger partial charge in [0.05, 0.1) is 12.8 Å². The van der Waals surface area contributed by atoms with Crippen LogP contribution in [0.5, 0.6) is 5.75 Å². The van der Waals surface area contributed by atoms with E-state index in [0.717, 1.165) is 37.6 Å². The Balaban J connectivity index is 1.59. The normalized spacial score (nSPS) is 15.0. The van der Waals surface area contributed by atoms with Crippen molar-refractivity contribution in [3.8, 4) is 5.75 Å². The van der Waals surface area contributed by atoms with Crippen molar-refractivity contribution in [3.63, 3.8) is 0 Å². The van der Waals surface area contributed by atoms with Crippen LogP contribution in [0.1, 0.15) is 0 Å². The Bertz CT molecular complexity index is 617. The van der Waals surface area contributed by atoms with E-state index in [2.05, 4.69) is 11.0 Å². The third kappa shape index (κ3) is 3.08. The summed E-state index contributed by atoms with van der Waals surface area (Å²) < 4.78 is 7.33. The zero-order valence-corrected chi connectivity index (χ0v) is 12.8. The summed E-state index contributed by atoms with van der Waals surface area (Å²) >= 11 is 0. The maximum atomic E-state index is 12.3. The topological polar surface area (TPSA) is 37.7 Å². The molecule has 0 atom stereocenters. The molecule has 0 spiro atoms. The number of anilines is 1. The molecule has 5 heteroatoms. The lowest BCUT2D eigenvalue weighted by atomic mass is 10.2. The Morgan fingerprint density at radius 2 is 1.73 bits per heavy atom. The van der Waals surface area contributed by atoms with Gasteiger partial charge >= 0.3 is 0 Å². The van der Waals surface area contributed by atoms with Crippen LogP contribution in [0, 0.1) is 0 Å². The monoisotopic (exact) mass is 299 g/mol. The molecule has 0 bridgehead atoms. The van der Waals surface area contributed by atoms with Crippen LogP contribution in [-0.4, -0.2) is 48.7 Å². The van der Waals surface area contributed by atoms with Crippen molar-refractivity contribution in [1.29, 1.82) is 0 Å². The van der Waals surface area contributed by atoms with Crippen molar-refractivity contribution in [2.45, 2.75) is 6.54 Å². The second-order valence-corrected chi connectivity index (χ2v) is 5.40. The van der Waals surface area contributed by atoms with Gasteiger partial charge in [0.1, 0.15) is 12.3 Å². The van der Waals surface area contributed by atoms with Gasteiger partial charge in [-0.05, 0) is 24.3 Å². The molecular weight excluding hydrogens is 278 g/mol. The first-order valence-corrected chi connectivity index (χ1v) is 7.54. The lowest BCUT2D eigenvalue weighted by Crippen LogP contribution is -2.49. The lowest BCUT2D eigenvalue weighted by molar-refractivity contribution is -0.132. The SMILES string of the molecule is COc1ccccc1N1CCN(C(=O)Cn2cccc2)CC1. The smallest absolute Gasteiger partial charge is 0.242 e. The van der Waals surface area contributed by atoms with Gasteiger partial charge in [0.15, 0.2) is 0 Å². The number of aromatic nitrogens is 1. The number of para-hydroxylation sites is 2. The molecule has 1 aromatic heterocycles. The number of hydrogen-bond donors (Lipinski definition) is 0. The summed E-state index contributed by atoms with van der Waals surface area (Å²) in [6.07, 6.45) is 3.84. The molecule has 1 aliphatic heterocycles. The van der Waals surface area contributed by atoms with Crippen LogP contribution in [0.4, 0.5) is 5.69 Å². The minimum Gasteiger partial charge on any atom is -0.495 e. The van der Waals surface area contributed by atoms with E-state index in [1.807, 2.05) is 52.2 Å². The summed E-state index contributed by atoms with van der Waals surface area (Å²) in [5.74, 6) is 1.06. The average molecular weight is 299 g/mol. The second-order valence-electron chi connectivity index (χ2n) is 5.40. The number of ether oxygens (including phenoxy) is 1. The van der Waals surface area contributed by atoms with Crippen LogP contribution in [0.15, 0.2) is 48.8 Å². The number of methoxy groups -OCH3 is 1. The Kier molecular flexibility index (Phi) is 4.32. The number of nitrogens with zero attached hydrogens (tertiary/aromatic N) is 3. The molecule has 1 aliphatic rings. The number of carbonyl (C=O) groups is 1. The minimum absolute atomic E-state index is 0.177. The zero-order chi connectivity index (χ0) is 15.4. The Morgan fingerprint density at radius 3 is 2.41 bits per heavy atom. The largest absolute Gasteiger partial charge is 0.495 e. The van der Waals surface area contributed by atoms with Crippen molar-refractivity contribution in [3.05, 3.63) is 48.8 Å². The summed E-state index contributed by atoms with van der Waals surface area (Å²) in [5.41, 5.74) is 1.10. The molecule has 116 valence electrons. The summed E-state index contributed by atoms with van der Waals surface area (Å²) in [5, 5.41) is 0. The molecule has 5 nitrogen and oxygen atoms in total. The molecule has 2 heterocycles. The molecule has 0 saturated carbocycles. The van der Waals surface area contributed by atoms with E-state index in [4.69, 9.17) is 4.74 Å². The maximum Gasteiger partial charge on any atom is 0.242 e. The molecule has 0 aliphatic carbocycles.